The van der Waals surface area contributed by atoms with Crippen LogP contribution < -0.4 is 5.73 Å². The molecular weight excluding hydrogens is 733 g/mol. The zero-order chi connectivity index (χ0) is 40.1. The van der Waals surface area contributed by atoms with Gasteiger partial charge in [-0.05, 0) is 70.8 Å². The molecule has 0 atom stereocenters. The third-order valence-electron chi connectivity index (χ3n) is 12.5. The van der Waals surface area contributed by atoms with E-state index in [2.05, 4.69) is 138 Å². The second-order valence-electron chi connectivity index (χ2n) is 16.3. The molecule has 284 valence electrons. The third kappa shape index (κ3) is 4.97. The van der Waals surface area contributed by atoms with E-state index in [1.54, 1.807) is 0 Å². The monoisotopic (exact) mass is 770 g/mol. The van der Waals surface area contributed by atoms with Crippen LogP contribution in [-0.4, -0.2) is 24.1 Å². The minimum Gasteiger partial charge on any atom is -0.397 e. The summed E-state index contributed by atoms with van der Waals surface area (Å²) >= 11 is 0. The van der Waals surface area contributed by atoms with Crippen molar-refractivity contribution >= 4 is 49.3 Å². The molecule has 11 aromatic rings. The average molecular weight is 771 g/mol. The fraction of sp³-hybridized carbons (Fsp3) is 0.0556. The van der Waals surface area contributed by atoms with E-state index < -0.39 is 0 Å². The number of hydrogen-bond donors (Lipinski definition) is 1. The van der Waals surface area contributed by atoms with Crippen molar-refractivity contribution in [2.75, 3.05) is 5.73 Å². The molecule has 60 heavy (non-hydrogen) atoms. The van der Waals surface area contributed by atoms with Gasteiger partial charge >= 0.3 is 0 Å². The Labute approximate surface area is 346 Å². The molecule has 0 radical (unpaired) electrons. The number of anilines is 1. The number of rotatable bonds is 5. The summed E-state index contributed by atoms with van der Waals surface area (Å²) in [6.07, 6.45) is 0. The van der Waals surface area contributed by atoms with E-state index in [0.29, 0.717) is 23.2 Å². The summed E-state index contributed by atoms with van der Waals surface area (Å²) in [5.41, 5.74) is 22.3. The lowest BCUT2D eigenvalue weighted by Crippen LogP contribution is -2.15. The predicted octanol–water partition coefficient (Wildman–Crippen LogP) is 13.0. The van der Waals surface area contributed by atoms with Crippen LogP contribution in [-0.2, 0) is 5.41 Å². The number of para-hydroxylation sites is 2. The fourth-order valence-corrected chi connectivity index (χ4v) is 9.70. The highest BCUT2D eigenvalue weighted by Crippen LogP contribution is 2.50. The van der Waals surface area contributed by atoms with Crippen LogP contribution in [0.15, 0.2) is 182 Å². The Kier molecular flexibility index (Phi) is 7.32. The molecule has 0 amide bonds. The van der Waals surface area contributed by atoms with E-state index in [9.17, 15) is 0 Å². The molecule has 0 saturated carbocycles. The van der Waals surface area contributed by atoms with Crippen LogP contribution in [0.4, 0.5) is 5.69 Å². The predicted molar refractivity (Wildman–Crippen MR) is 247 cm³/mol. The first-order chi connectivity index (χ1) is 29.4. The molecule has 3 heterocycles. The minimum atomic E-state index is -0.113. The van der Waals surface area contributed by atoms with E-state index in [-0.39, 0.29) is 5.41 Å². The van der Waals surface area contributed by atoms with Gasteiger partial charge in [0.1, 0.15) is 0 Å². The van der Waals surface area contributed by atoms with Gasteiger partial charge < -0.3 is 14.9 Å². The van der Waals surface area contributed by atoms with E-state index >= 15 is 0 Å². The van der Waals surface area contributed by atoms with Crippen molar-refractivity contribution in [1.29, 1.82) is 0 Å². The standard InChI is InChI=1S/C54H38N6/c1-54(2)42-22-12-9-19-37(42)38-27-26-36(32-43(38)54)59-46-24-14-11-21-41(46)49-48(59)30-28-40-39-20-10-13-23-45(39)60(50(40)49)47-29-25-35(31-44(47)55)53-57-51(33-15-5-3-6-16-33)56-52(58-53)34-17-7-4-8-18-34/h3-32H,55H2,1-2H3. The largest absolute Gasteiger partial charge is 0.397 e. The van der Waals surface area contributed by atoms with Crippen molar-refractivity contribution < 1.29 is 0 Å². The molecule has 1 aliphatic rings. The van der Waals surface area contributed by atoms with Gasteiger partial charge in [-0.1, -0.05) is 147 Å². The highest BCUT2D eigenvalue weighted by molar-refractivity contribution is 6.26. The summed E-state index contributed by atoms with van der Waals surface area (Å²) in [5.74, 6) is 1.79. The lowest BCUT2D eigenvalue weighted by atomic mass is 9.82. The normalized spacial score (nSPS) is 13.0. The zero-order valence-electron chi connectivity index (χ0n) is 33.1. The molecule has 8 aromatic carbocycles. The quantitative estimate of drug-likeness (QED) is 0.177. The van der Waals surface area contributed by atoms with E-state index in [4.69, 9.17) is 20.7 Å². The Bertz CT molecular complexity index is 3470. The number of nitrogens with two attached hydrogens (primary N) is 1. The lowest BCUT2D eigenvalue weighted by Gasteiger charge is -2.22. The van der Waals surface area contributed by atoms with Gasteiger partial charge in [0.25, 0.3) is 0 Å². The zero-order valence-corrected chi connectivity index (χ0v) is 33.1. The first-order valence-electron chi connectivity index (χ1n) is 20.4. The van der Waals surface area contributed by atoms with E-state index in [1.807, 2.05) is 66.7 Å². The van der Waals surface area contributed by atoms with Gasteiger partial charge in [0.05, 0.1) is 33.4 Å². The Balaban J connectivity index is 1.07. The van der Waals surface area contributed by atoms with Crippen LogP contribution in [0.25, 0.3) is 100 Å². The summed E-state index contributed by atoms with van der Waals surface area (Å²) in [6.45, 7) is 4.69. The first kappa shape index (κ1) is 34.2. The molecule has 2 N–H and O–H groups in total. The van der Waals surface area contributed by atoms with Gasteiger partial charge in [0.2, 0.25) is 0 Å². The molecule has 3 aromatic heterocycles. The number of aromatic nitrogens is 5. The molecule has 1 aliphatic carbocycles. The smallest absolute Gasteiger partial charge is 0.164 e. The third-order valence-corrected chi connectivity index (χ3v) is 12.5. The van der Waals surface area contributed by atoms with Gasteiger partial charge in [0.15, 0.2) is 17.5 Å². The van der Waals surface area contributed by atoms with Crippen LogP contribution in [0, 0.1) is 0 Å². The number of nitrogen functional groups attached to an aromatic ring is 1. The molecule has 12 rings (SSSR count). The van der Waals surface area contributed by atoms with Gasteiger partial charge in [-0.25, -0.2) is 15.0 Å². The van der Waals surface area contributed by atoms with Gasteiger partial charge in [0, 0.05) is 49.3 Å². The van der Waals surface area contributed by atoms with Crippen molar-refractivity contribution in [1.82, 2.24) is 24.1 Å². The van der Waals surface area contributed by atoms with Crippen LogP contribution in [0.2, 0.25) is 0 Å². The Hall–Kier alpha value is -7.83. The number of hydrogen-bond acceptors (Lipinski definition) is 4. The molecule has 0 fully saturated rings. The van der Waals surface area contributed by atoms with Crippen molar-refractivity contribution in [3.05, 3.63) is 193 Å². The maximum atomic E-state index is 7.20. The Morgan fingerprint density at radius 3 is 1.72 bits per heavy atom. The van der Waals surface area contributed by atoms with Crippen LogP contribution in [0.1, 0.15) is 25.0 Å². The van der Waals surface area contributed by atoms with Crippen molar-refractivity contribution in [3.8, 4) is 56.7 Å². The molecule has 0 spiro atoms. The van der Waals surface area contributed by atoms with Crippen LogP contribution in [0.3, 0.4) is 0 Å². The van der Waals surface area contributed by atoms with E-state index in [0.717, 1.165) is 50.1 Å². The highest BCUT2D eigenvalue weighted by Gasteiger charge is 2.35. The number of fused-ring (bicyclic) bond motifs is 10. The number of nitrogens with zero attached hydrogens (tertiary/aromatic N) is 5. The molecule has 0 aliphatic heterocycles. The fourth-order valence-electron chi connectivity index (χ4n) is 9.70. The molecule has 6 nitrogen and oxygen atoms in total. The lowest BCUT2D eigenvalue weighted by molar-refractivity contribution is 0.660. The van der Waals surface area contributed by atoms with E-state index in [1.165, 1.54) is 43.8 Å². The summed E-state index contributed by atoms with van der Waals surface area (Å²) in [7, 11) is 0. The Morgan fingerprint density at radius 2 is 1.02 bits per heavy atom. The van der Waals surface area contributed by atoms with Crippen molar-refractivity contribution in [3.63, 3.8) is 0 Å². The average Bonchev–Trinajstić information content (AvgIpc) is 3.89. The maximum Gasteiger partial charge on any atom is 0.164 e. The summed E-state index contributed by atoms with van der Waals surface area (Å²) in [4.78, 5) is 14.9. The second-order valence-corrected chi connectivity index (χ2v) is 16.3. The first-order valence-corrected chi connectivity index (χ1v) is 20.4. The molecular formula is C54H38N6. The van der Waals surface area contributed by atoms with Crippen molar-refractivity contribution in [2.24, 2.45) is 0 Å². The molecule has 0 unspecified atom stereocenters. The highest BCUT2D eigenvalue weighted by atomic mass is 15.0. The maximum absolute atomic E-state index is 7.20. The van der Waals surface area contributed by atoms with Gasteiger partial charge in [-0.15, -0.1) is 0 Å². The Morgan fingerprint density at radius 1 is 0.433 bits per heavy atom. The van der Waals surface area contributed by atoms with Crippen LogP contribution >= 0.6 is 0 Å². The summed E-state index contributed by atoms with van der Waals surface area (Å²) in [6, 6.07) is 64.1. The van der Waals surface area contributed by atoms with Crippen molar-refractivity contribution in [2.45, 2.75) is 19.3 Å². The second kappa shape index (κ2) is 12.8. The molecule has 6 heteroatoms. The minimum absolute atomic E-state index is 0.113. The van der Waals surface area contributed by atoms with Gasteiger partial charge in [-0.3, -0.25) is 0 Å². The summed E-state index contributed by atoms with van der Waals surface area (Å²) < 4.78 is 4.79. The summed E-state index contributed by atoms with van der Waals surface area (Å²) in [5, 5.41) is 4.72. The topological polar surface area (TPSA) is 74.5 Å². The van der Waals surface area contributed by atoms with Crippen LogP contribution in [0.5, 0.6) is 0 Å². The SMILES string of the molecule is CC1(C)c2ccccc2-c2ccc(-n3c4ccccc4c4c3ccc3c5ccccc5n(-c5ccc(-c6nc(-c7ccccc7)nc(-c7ccccc7)n6)cc5N)c34)cc21. The molecule has 0 saturated heterocycles. The van der Waals surface area contributed by atoms with Gasteiger partial charge in [-0.2, -0.15) is 0 Å². The molecule has 0 bridgehead atoms. The number of benzene rings is 8.